The van der Waals surface area contributed by atoms with Crippen molar-refractivity contribution < 1.29 is 9.59 Å². The van der Waals surface area contributed by atoms with Crippen LogP contribution in [-0.4, -0.2) is 72.1 Å². The number of imide groups is 1. The van der Waals surface area contributed by atoms with Crippen molar-refractivity contribution in [2.75, 3.05) is 44.3 Å². The predicted octanol–water partition coefficient (Wildman–Crippen LogP) is 1.58. The van der Waals surface area contributed by atoms with Gasteiger partial charge in [-0.1, -0.05) is 18.2 Å². The molecule has 3 aliphatic rings. The number of amides is 3. The van der Waals surface area contributed by atoms with E-state index in [1.165, 1.54) is 10.6 Å². The van der Waals surface area contributed by atoms with Crippen molar-refractivity contribution in [3.63, 3.8) is 0 Å². The topological polar surface area (TPSA) is 47.1 Å². The van der Waals surface area contributed by atoms with Crippen molar-refractivity contribution in [3.05, 3.63) is 30.3 Å². The van der Waals surface area contributed by atoms with Crippen molar-refractivity contribution in [1.29, 1.82) is 0 Å². The van der Waals surface area contributed by atoms with Crippen LogP contribution in [0.1, 0.15) is 19.3 Å². The molecule has 128 valence electrons. The molecule has 0 spiro atoms. The van der Waals surface area contributed by atoms with Crippen LogP contribution in [0.2, 0.25) is 0 Å². The Morgan fingerprint density at radius 2 is 1.67 bits per heavy atom. The average Bonchev–Trinajstić information content (AvgIpc) is 2.88. The summed E-state index contributed by atoms with van der Waals surface area (Å²) in [5.41, 5.74) is 1.24. The highest BCUT2D eigenvalue weighted by Gasteiger charge is 2.46. The minimum absolute atomic E-state index is 0.00480. The molecule has 3 aliphatic heterocycles. The third-order valence-electron chi connectivity index (χ3n) is 5.37. The zero-order valence-electron chi connectivity index (χ0n) is 13.9. The van der Waals surface area contributed by atoms with Gasteiger partial charge in [-0.05, 0) is 31.4 Å². The molecule has 0 N–H and O–H groups in total. The van der Waals surface area contributed by atoms with Crippen molar-refractivity contribution >= 4 is 17.6 Å². The smallest absolute Gasteiger partial charge is 0.328 e. The van der Waals surface area contributed by atoms with Gasteiger partial charge in [-0.15, -0.1) is 0 Å². The van der Waals surface area contributed by atoms with Gasteiger partial charge in [0.1, 0.15) is 6.04 Å². The Kier molecular flexibility index (Phi) is 4.14. The third-order valence-corrected chi connectivity index (χ3v) is 5.37. The molecule has 6 nitrogen and oxygen atoms in total. The van der Waals surface area contributed by atoms with Crippen LogP contribution >= 0.6 is 0 Å². The van der Waals surface area contributed by atoms with Gasteiger partial charge in [0.25, 0.3) is 5.91 Å². The number of nitrogens with zero attached hydrogens (tertiary/aromatic N) is 4. The summed E-state index contributed by atoms with van der Waals surface area (Å²) in [5, 5.41) is 0. The van der Waals surface area contributed by atoms with E-state index in [4.69, 9.17) is 0 Å². The first-order valence-electron chi connectivity index (χ1n) is 8.88. The van der Waals surface area contributed by atoms with Crippen LogP contribution < -0.4 is 4.90 Å². The van der Waals surface area contributed by atoms with Crippen LogP contribution in [-0.2, 0) is 4.79 Å². The number of benzene rings is 1. The fourth-order valence-corrected chi connectivity index (χ4v) is 3.96. The first-order valence-corrected chi connectivity index (χ1v) is 8.88. The molecule has 1 atom stereocenters. The average molecular weight is 328 g/mol. The number of piperidine rings is 1. The highest BCUT2D eigenvalue weighted by Crippen LogP contribution is 2.27. The van der Waals surface area contributed by atoms with E-state index in [9.17, 15) is 9.59 Å². The van der Waals surface area contributed by atoms with E-state index in [1.807, 2.05) is 6.07 Å². The molecule has 0 aromatic heterocycles. The van der Waals surface area contributed by atoms with Crippen molar-refractivity contribution in [2.24, 2.45) is 0 Å². The summed E-state index contributed by atoms with van der Waals surface area (Å²) in [6.45, 7) is 4.76. The van der Waals surface area contributed by atoms with Gasteiger partial charge in [0.15, 0.2) is 0 Å². The van der Waals surface area contributed by atoms with Gasteiger partial charge >= 0.3 is 6.03 Å². The zero-order chi connectivity index (χ0) is 16.5. The molecule has 0 saturated carbocycles. The fraction of sp³-hybridized carbons (Fsp3) is 0.556. The molecule has 3 fully saturated rings. The second-order valence-electron chi connectivity index (χ2n) is 6.84. The van der Waals surface area contributed by atoms with Gasteiger partial charge in [0.2, 0.25) is 0 Å². The fourth-order valence-electron chi connectivity index (χ4n) is 3.96. The van der Waals surface area contributed by atoms with Crippen LogP contribution in [0.15, 0.2) is 30.3 Å². The standard InChI is InChI=1S/C18H24N4O2/c23-17-16-8-4-5-9-21(16)18(24)22(17)14-19-10-12-20(13-11-19)15-6-2-1-3-7-15/h1-3,6-7,16H,4-5,8-14H2. The summed E-state index contributed by atoms with van der Waals surface area (Å²) in [6.07, 6.45) is 2.88. The zero-order valence-corrected chi connectivity index (χ0v) is 13.9. The highest BCUT2D eigenvalue weighted by atomic mass is 16.2. The molecule has 4 rings (SSSR count). The maximum atomic E-state index is 12.5. The van der Waals surface area contributed by atoms with Gasteiger partial charge in [0.05, 0.1) is 6.67 Å². The lowest BCUT2D eigenvalue weighted by Gasteiger charge is -2.37. The Balaban J connectivity index is 1.35. The number of rotatable bonds is 3. The lowest BCUT2D eigenvalue weighted by atomic mass is 10.0. The quantitative estimate of drug-likeness (QED) is 0.791. The molecule has 3 saturated heterocycles. The van der Waals surface area contributed by atoms with E-state index in [0.717, 1.165) is 52.0 Å². The highest BCUT2D eigenvalue weighted by molar-refractivity contribution is 6.04. The number of hydrogen-bond acceptors (Lipinski definition) is 4. The van der Waals surface area contributed by atoms with Crippen molar-refractivity contribution in [3.8, 4) is 0 Å². The van der Waals surface area contributed by atoms with E-state index >= 15 is 0 Å². The summed E-state index contributed by atoms with van der Waals surface area (Å²) in [5.74, 6) is 0.00480. The number of para-hydroxylation sites is 1. The number of piperazine rings is 1. The minimum Gasteiger partial charge on any atom is -0.369 e. The predicted molar refractivity (Wildman–Crippen MR) is 91.7 cm³/mol. The van der Waals surface area contributed by atoms with E-state index in [-0.39, 0.29) is 18.0 Å². The molecule has 0 bridgehead atoms. The summed E-state index contributed by atoms with van der Waals surface area (Å²) in [4.78, 5) is 32.8. The normalized spacial score (nSPS) is 25.3. The number of carbonyl (C=O) groups is 2. The Labute approximate surface area is 142 Å². The minimum atomic E-state index is -0.197. The van der Waals surface area contributed by atoms with Crippen molar-refractivity contribution in [2.45, 2.75) is 25.3 Å². The van der Waals surface area contributed by atoms with Gasteiger partial charge in [-0.3, -0.25) is 9.69 Å². The van der Waals surface area contributed by atoms with Crippen LogP contribution in [0.3, 0.4) is 0 Å². The second kappa shape index (κ2) is 6.43. The van der Waals surface area contributed by atoms with E-state index < -0.39 is 0 Å². The summed E-state index contributed by atoms with van der Waals surface area (Å²) < 4.78 is 0. The number of urea groups is 1. The molecule has 1 aromatic carbocycles. The summed E-state index contributed by atoms with van der Waals surface area (Å²) >= 11 is 0. The Morgan fingerprint density at radius 3 is 2.38 bits per heavy atom. The van der Waals surface area contributed by atoms with Gasteiger partial charge in [-0.2, -0.15) is 0 Å². The van der Waals surface area contributed by atoms with Gasteiger partial charge < -0.3 is 9.80 Å². The van der Waals surface area contributed by atoms with E-state index in [0.29, 0.717) is 6.67 Å². The number of anilines is 1. The molecule has 1 unspecified atom stereocenters. The third kappa shape index (κ3) is 2.75. The Hall–Kier alpha value is -2.08. The Bertz CT molecular complexity index is 589. The molecule has 1 aromatic rings. The number of carbonyl (C=O) groups excluding carboxylic acids is 2. The number of fused-ring (bicyclic) bond motifs is 1. The van der Waals surface area contributed by atoms with Crippen LogP contribution in [0.25, 0.3) is 0 Å². The van der Waals surface area contributed by atoms with Crippen LogP contribution in [0.4, 0.5) is 10.5 Å². The lowest BCUT2D eigenvalue weighted by Crippen LogP contribution is -2.51. The summed E-state index contributed by atoms with van der Waals surface area (Å²) in [7, 11) is 0. The van der Waals surface area contributed by atoms with Crippen molar-refractivity contribution in [1.82, 2.24) is 14.7 Å². The first kappa shape index (κ1) is 15.4. The largest absolute Gasteiger partial charge is 0.369 e. The van der Waals surface area contributed by atoms with E-state index in [2.05, 4.69) is 34.1 Å². The maximum Gasteiger partial charge on any atom is 0.328 e. The number of hydrogen-bond donors (Lipinski definition) is 0. The summed E-state index contributed by atoms with van der Waals surface area (Å²) in [6, 6.07) is 10.1. The molecule has 3 amide bonds. The molecule has 0 radical (unpaired) electrons. The first-order chi connectivity index (χ1) is 11.7. The van der Waals surface area contributed by atoms with Crippen LogP contribution in [0, 0.1) is 0 Å². The molecular formula is C18H24N4O2. The lowest BCUT2D eigenvalue weighted by molar-refractivity contribution is -0.130. The second-order valence-corrected chi connectivity index (χ2v) is 6.84. The Morgan fingerprint density at radius 1 is 0.917 bits per heavy atom. The molecule has 24 heavy (non-hydrogen) atoms. The monoisotopic (exact) mass is 328 g/mol. The van der Waals surface area contributed by atoms with E-state index in [1.54, 1.807) is 4.90 Å². The molecule has 6 heteroatoms. The van der Waals surface area contributed by atoms with Crippen LogP contribution in [0.5, 0.6) is 0 Å². The maximum absolute atomic E-state index is 12.5. The SMILES string of the molecule is O=C1C2CCCCN2C(=O)N1CN1CCN(c2ccccc2)CC1. The van der Waals surface area contributed by atoms with Gasteiger partial charge in [0, 0.05) is 38.4 Å². The molecular weight excluding hydrogens is 304 g/mol. The molecule has 3 heterocycles. The van der Waals surface area contributed by atoms with Gasteiger partial charge in [-0.25, -0.2) is 9.69 Å². The molecule has 0 aliphatic carbocycles.